The number of hydrogen-bond acceptors (Lipinski definition) is 4. The van der Waals surface area contributed by atoms with Gasteiger partial charge in [-0.3, -0.25) is 4.68 Å². The van der Waals surface area contributed by atoms with Gasteiger partial charge in [0.05, 0.1) is 21.6 Å². The quantitative estimate of drug-likeness (QED) is 0.782. The second-order valence-electron chi connectivity index (χ2n) is 4.27. The summed E-state index contributed by atoms with van der Waals surface area (Å²) in [5.41, 5.74) is 3.10. The molecule has 1 aromatic carbocycles. The lowest BCUT2D eigenvalue weighted by atomic mass is 10.3. The van der Waals surface area contributed by atoms with E-state index in [9.17, 15) is 0 Å². The maximum Gasteiger partial charge on any atom is 0.188 e. The highest BCUT2D eigenvalue weighted by atomic mass is 79.9. The third-order valence-corrected chi connectivity index (χ3v) is 4.26. The van der Waals surface area contributed by atoms with Gasteiger partial charge in [-0.15, -0.1) is 0 Å². The normalized spacial score (nSPS) is 11.1. The van der Waals surface area contributed by atoms with Crippen LogP contribution in [0.25, 0.3) is 10.2 Å². The Morgan fingerprint density at radius 3 is 3.05 bits per heavy atom. The van der Waals surface area contributed by atoms with Crippen LogP contribution in [0.2, 0.25) is 0 Å². The molecule has 3 rings (SSSR count). The van der Waals surface area contributed by atoms with Crippen molar-refractivity contribution < 1.29 is 0 Å². The molecule has 0 aliphatic rings. The molecule has 19 heavy (non-hydrogen) atoms. The lowest BCUT2D eigenvalue weighted by Crippen LogP contribution is -1.92. The van der Waals surface area contributed by atoms with Crippen LogP contribution < -0.4 is 5.32 Å². The zero-order chi connectivity index (χ0) is 13.4. The first kappa shape index (κ1) is 12.6. The van der Waals surface area contributed by atoms with Gasteiger partial charge in [-0.2, -0.15) is 5.10 Å². The van der Waals surface area contributed by atoms with Crippen LogP contribution in [0.3, 0.4) is 0 Å². The Morgan fingerprint density at radius 1 is 1.42 bits per heavy atom. The minimum absolute atomic E-state index is 0.899. The third kappa shape index (κ3) is 2.50. The molecule has 0 unspecified atom stereocenters. The number of hydrogen-bond donors (Lipinski definition) is 1. The Bertz CT molecular complexity index is 731. The maximum absolute atomic E-state index is 4.58. The predicted octanol–water partition coefficient (Wildman–Crippen LogP) is 4.10. The molecule has 0 amide bonds. The molecule has 0 radical (unpaired) electrons. The molecule has 0 aliphatic carbocycles. The Hall–Kier alpha value is -1.40. The number of halogens is 1. The lowest BCUT2D eigenvalue weighted by molar-refractivity contribution is 0.746. The molecule has 0 atom stereocenters. The van der Waals surface area contributed by atoms with Crippen LogP contribution in [0, 0.1) is 0 Å². The van der Waals surface area contributed by atoms with Crippen molar-refractivity contribution in [3.63, 3.8) is 0 Å². The van der Waals surface area contributed by atoms with Crippen LogP contribution >= 0.6 is 27.3 Å². The molecule has 0 bridgehead atoms. The molecular formula is C13H13BrN4S. The smallest absolute Gasteiger partial charge is 0.188 e. The number of anilines is 2. The number of nitrogens with zero attached hydrogens (tertiary/aromatic N) is 3. The zero-order valence-electron chi connectivity index (χ0n) is 10.6. The second kappa shape index (κ2) is 4.94. The Morgan fingerprint density at radius 2 is 2.26 bits per heavy atom. The van der Waals surface area contributed by atoms with Gasteiger partial charge in [0.1, 0.15) is 0 Å². The Labute approximate surface area is 123 Å². The largest absolute Gasteiger partial charge is 0.329 e. The molecule has 2 aromatic heterocycles. The summed E-state index contributed by atoms with van der Waals surface area (Å²) in [6, 6.07) is 6.11. The van der Waals surface area contributed by atoms with E-state index in [0.717, 1.165) is 32.9 Å². The molecule has 0 saturated heterocycles. The SMILES string of the molecule is CCc1nn(C)cc1Nc1nc2ccc(Br)cc2s1. The molecule has 98 valence electrons. The van der Waals surface area contributed by atoms with Crippen molar-refractivity contribution in [2.45, 2.75) is 13.3 Å². The number of fused-ring (bicyclic) bond motifs is 1. The molecule has 0 fully saturated rings. The van der Waals surface area contributed by atoms with Crippen LogP contribution in [-0.2, 0) is 13.5 Å². The summed E-state index contributed by atoms with van der Waals surface area (Å²) in [5.74, 6) is 0. The molecule has 2 heterocycles. The highest BCUT2D eigenvalue weighted by molar-refractivity contribution is 9.10. The molecule has 0 aliphatic heterocycles. The van der Waals surface area contributed by atoms with Crippen LogP contribution in [0.5, 0.6) is 0 Å². The standard InChI is InChI=1S/C13H13BrN4S/c1-3-9-11(7-18(2)17-9)16-13-15-10-5-4-8(14)6-12(10)19-13/h4-7H,3H2,1-2H3,(H,15,16). The molecule has 3 aromatic rings. The van der Waals surface area contributed by atoms with Crippen molar-refractivity contribution >= 4 is 48.3 Å². The van der Waals surface area contributed by atoms with Crippen LogP contribution in [0.1, 0.15) is 12.6 Å². The monoisotopic (exact) mass is 336 g/mol. The maximum atomic E-state index is 4.58. The van der Waals surface area contributed by atoms with Gasteiger partial charge in [-0.05, 0) is 24.6 Å². The van der Waals surface area contributed by atoms with E-state index >= 15 is 0 Å². The number of aromatic nitrogens is 3. The van der Waals surface area contributed by atoms with E-state index in [2.05, 4.69) is 44.3 Å². The lowest BCUT2D eigenvalue weighted by Gasteiger charge is -1.99. The van der Waals surface area contributed by atoms with E-state index in [1.165, 1.54) is 4.70 Å². The van der Waals surface area contributed by atoms with Gasteiger partial charge in [0.2, 0.25) is 0 Å². The van der Waals surface area contributed by atoms with Gasteiger partial charge in [0.15, 0.2) is 5.13 Å². The van der Waals surface area contributed by atoms with Crippen LogP contribution in [0.4, 0.5) is 10.8 Å². The molecule has 1 N–H and O–H groups in total. The Kier molecular flexibility index (Phi) is 3.28. The van der Waals surface area contributed by atoms with Gasteiger partial charge >= 0.3 is 0 Å². The van der Waals surface area contributed by atoms with E-state index in [0.29, 0.717) is 0 Å². The number of aryl methyl sites for hydroxylation is 2. The average molecular weight is 337 g/mol. The summed E-state index contributed by atoms with van der Waals surface area (Å²) in [4.78, 5) is 4.58. The summed E-state index contributed by atoms with van der Waals surface area (Å²) in [6.45, 7) is 2.10. The van der Waals surface area contributed by atoms with Crippen molar-refractivity contribution in [2.75, 3.05) is 5.32 Å². The number of nitrogens with one attached hydrogen (secondary N) is 1. The second-order valence-corrected chi connectivity index (χ2v) is 6.22. The third-order valence-electron chi connectivity index (χ3n) is 2.83. The highest BCUT2D eigenvalue weighted by Crippen LogP contribution is 2.31. The van der Waals surface area contributed by atoms with Gasteiger partial charge in [-0.25, -0.2) is 4.98 Å². The van der Waals surface area contributed by atoms with Crippen molar-refractivity contribution in [1.82, 2.24) is 14.8 Å². The van der Waals surface area contributed by atoms with Gasteiger partial charge in [-0.1, -0.05) is 34.2 Å². The van der Waals surface area contributed by atoms with Crippen molar-refractivity contribution in [3.8, 4) is 0 Å². The Balaban J connectivity index is 1.96. The molecule has 4 nitrogen and oxygen atoms in total. The number of rotatable bonds is 3. The topological polar surface area (TPSA) is 42.7 Å². The van der Waals surface area contributed by atoms with Crippen molar-refractivity contribution in [2.24, 2.45) is 7.05 Å². The van der Waals surface area contributed by atoms with Crippen molar-refractivity contribution in [3.05, 3.63) is 34.6 Å². The molecular weight excluding hydrogens is 324 g/mol. The molecule has 0 spiro atoms. The average Bonchev–Trinajstić information content (AvgIpc) is 2.92. The minimum Gasteiger partial charge on any atom is -0.329 e. The van der Waals surface area contributed by atoms with Gasteiger partial charge in [0, 0.05) is 17.7 Å². The van der Waals surface area contributed by atoms with E-state index < -0.39 is 0 Å². The number of thiazole rings is 1. The van der Waals surface area contributed by atoms with Crippen molar-refractivity contribution in [1.29, 1.82) is 0 Å². The first-order chi connectivity index (χ1) is 9.15. The molecule has 6 heteroatoms. The predicted molar refractivity (Wildman–Crippen MR) is 83.2 cm³/mol. The van der Waals surface area contributed by atoms with Crippen LogP contribution in [0.15, 0.2) is 28.9 Å². The summed E-state index contributed by atoms with van der Waals surface area (Å²) < 4.78 is 4.06. The highest BCUT2D eigenvalue weighted by Gasteiger charge is 2.09. The van der Waals surface area contributed by atoms with E-state index in [1.807, 2.05) is 30.1 Å². The van der Waals surface area contributed by atoms with Gasteiger partial charge in [0.25, 0.3) is 0 Å². The van der Waals surface area contributed by atoms with E-state index in [-0.39, 0.29) is 0 Å². The van der Waals surface area contributed by atoms with Gasteiger partial charge < -0.3 is 5.32 Å². The fourth-order valence-corrected chi connectivity index (χ4v) is 3.40. The molecule has 0 saturated carbocycles. The van der Waals surface area contributed by atoms with Crippen LogP contribution in [-0.4, -0.2) is 14.8 Å². The first-order valence-electron chi connectivity index (χ1n) is 6.01. The minimum atomic E-state index is 0.899. The van der Waals surface area contributed by atoms with E-state index in [1.54, 1.807) is 11.3 Å². The number of benzene rings is 1. The van der Waals surface area contributed by atoms with E-state index in [4.69, 9.17) is 0 Å². The summed E-state index contributed by atoms with van der Waals surface area (Å²) in [6.07, 6.45) is 2.89. The zero-order valence-corrected chi connectivity index (χ0v) is 13.0. The summed E-state index contributed by atoms with van der Waals surface area (Å²) >= 11 is 5.13. The summed E-state index contributed by atoms with van der Waals surface area (Å²) in [5, 5.41) is 8.68. The summed E-state index contributed by atoms with van der Waals surface area (Å²) in [7, 11) is 1.93. The first-order valence-corrected chi connectivity index (χ1v) is 7.62. The fourth-order valence-electron chi connectivity index (χ4n) is 1.97. The fraction of sp³-hybridized carbons (Fsp3) is 0.231.